The second kappa shape index (κ2) is 4.28. The summed E-state index contributed by atoms with van der Waals surface area (Å²) in [5, 5.41) is 9.99. The Hall–Kier alpha value is -2.56. The monoisotopic (exact) mass is 255 g/mol. The van der Waals surface area contributed by atoms with Crippen molar-refractivity contribution >= 4 is 16.9 Å². The summed E-state index contributed by atoms with van der Waals surface area (Å²) < 4.78 is 0. The molecule has 5 nitrogen and oxygen atoms in total. The minimum absolute atomic E-state index is 0.0612. The molecule has 0 atom stereocenters. The Morgan fingerprint density at radius 2 is 2.16 bits per heavy atom. The Balaban J connectivity index is 2.22. The summed E-state index contributed by atoms with van der Waals surface area (Å²) >= 11 is 0. The number of carbonyl (C=O) groups is 1. The van der Waals surface area contributed by atoms with E-state index in [2.05, 4.69) is 15.0 Å². The summed E-state index contributed by atoms with van der Waals surface area (Å²) in [6.07, 6.45) is 1.48. The number of hydrogen-bond acceptors (Lipinski definition) is 2. The lowest BCUT2D eigenvalue weighted by Crippen LogP contribution is -2.02. The maximum atomic E-state index is 10.9. The number of aryl methyl sites for hydroxylation is 1. The van der Waals surface area contributed by atoms with Gasteiger partial charge in [0.1, 0.15) is 0 Å². The van der Waals surface area contributed by atoms with Gasteiger partial charge in [-0.2, -0.15) is 0 Å². The third-order valence-electron chi connectivity index (χ3n) is 3.18. The third-order valence-corrected chi connectivity index (χ3v) is 3.18. The molecule has 1 aromatic carbocycles. The molecule has 0 aliphatic carbocycles. The van der Waals surface area contributed by atoms with Gasteiger partial charge in [0.15, 0.2) is 0 Å². The van der Waals surface area contributed by atoms with Crippen LogP contribution >= 0.6 is 0 Å². The lowest BCUT2D eigenvalue weighted by molar-refractivity contribution is -0.136. The first-order valence-corrected chi connectivity index (χ1v) is 5.98. The molecular formula is C14H13N3O2. The fourth-order valence-corrected chi connectivity index (χ4v) is 2.40. The molecule has 0 saturated heterocycles. The number of fused-ring (bicyclic) bond motifs is 1. The van der Waals surface area contributed by atoms with E-state index in [1.807, 2.05) is 31.2 Å². The number of aliphatic carboxylic acids is 1. The van der Waals surface area contributed by atoms with Gasteiger partial charge in [-0.3, -0.25) is 4.79 Å². The Morgan fingerprint density at radius 3 is 2.95 bits per heavy atom. The molecular weight excluding hydrogens is 242 g/mol. The lowest BCUT2D eigenvalue weighted by Gasteiger charge is -2.01. The number of nitrogens with zero attached hydrogens (tertiary/aromatic N) is 1. The van der Waals surface area contributed by atoms with Gasteiger partial charge in [-0.05, 0) is 13.0 Å². The first kappa shape index (κ1) is 11.5. The minimum atomic E-state index is -0.872. The van der Waals surface area contributed by atoms with Crippen molar-refractivity contribution < 1.29 is 9.90 Å². The number of hydrogen-bond donors (Lipinski definition) is 3. The minimum Gasteiger partial charge on any atom is -0.481 e. The first-order valence-electron chi connectivity index (χ1n) is 5.98. The Kier molecular flexibility index (Phi) is 2.59. The van der Waals surface area contributed by atoms with Crippen molar-refractivity contribution in [1.82, 2.24) is 15.0 Å². The molecule has 0 aliphatic rings. The van der Waals surface area contributed by atoms with Crippen molar-refractivity contribution in [2.45, 2.75) is 13.3 Å². The van der Waals surface area contributed by atoms with E-state index in [1.54, 1.807) is 0 Å². The predicted molar refractivity (Wildman–Crippen MR) is 72.0 cm³/mol. The second-order valence-corrected chi connectivity index (χ2v) is 4.47. The van der Waals surface area contributed by atoms with Gasteiger partial charge in [-0.15, -0.1) is 0 Å². The zero-order valence-electron chi connectivity index (χ0n) is 10.4. The van der Waals surface area contributed by atoms with Crippen molar-refractivity contribution in [2.75, 3.05) is 0 Å². The fraction of sp³-hybridized carbons (Fsp3) is 0.143. The molecule has 0 spiro atoms. The smallest absolute Gasteiger partial charge is 0.309 e. The highest BCUT2D eigenvalue weighted by Crippen LogP contribution is 2.32. The van der Waals surface area contributed by atoms with E-state index in [9.17, 15) is 4.79 Å². The quantitative estimate of drug-likeness (QED) is 0.672. The SMILES string of the molecule is Cc1[nH]c2ccccc2c1-c1nc[nH]c1CC(=O)O. The Bertz CT molecular complexity index is 755. The lowest BCUT2D eigenvalue weighted by atomic mass is 10.1. The predicted octanol–water partition coefficient (Wildman–Crippen LogP) is 2.49. The van der Waals surface area contributed by atoms with Crippen LogP contribution in [0.1, 0.15) is 11.4 Å². The van der Waals surface area contributed by atoms with E-state index in [-0.39, 0.29) is 6.42 Å². The van der Waals surface area contributed by atoms with Crippen LogP contribution in [0.2, 0.25) is 0 Å². The summed E-state index contributed by atoms with van der Waals surface area (Å²) in [6.45, 7) is 1.97. The molecule has 2 aromatic heterocycles. The van der Waals surface area contributed by atoms with Crippen LogP contribution in [0.3, 0.4) is 0 Å². The van der Waals surface area contributed by atoms with Crippen molar-refractivity contribution in [3.05, 3.63) is 42.0 Å². The summed E-state index contributed by atoms with van der Waals surface area (Å²) in [7, 11) is 0. The number of nitrogens with one attached hydrogen (secondary N) is 2. The number of carboxylic acid groups (broad SMARTS) is 1. The van der Waals surface area contributed by atoms with Gasteiger partial charge in [0.05, 0.1) is 24.1 Å². The first-order chi connectivity index (χ1) is 9.16. The molecule has 96 valence electrons. The zero-order valence-corrected chi connectivity index (χ0v) is 10.4. The summed E-state index contributed by atoms with van der Waals surface area (Å²) in [4.78, 5) is 21.4. The van der Waals surface area contributed by atoms with E-state index < -0.39 is 5.97 Å². The van der Waals surface area contributed by atoms with Crippen LogP contribution < -0.4 is 0 Å². The van der Waals surface area contributed by atoms with Gasteiger partial charge in [-0.1, -0.05) is 18.2 Å². The molecule has 3 N–H and O–H groups in total. The molecule has 2 heterocycles. The molecule has 0 bridgehead atoms. The Labute approximate surface area is 109 Å². The van der Waals surface area contributed by atoms with Crippen LogP contribution in [0.25, 0.3) is 22.2 Å². The molecule has 0 aliphatic heterocycles. The number of carboxylic acids is 1. The van der Waals surface area contributed by atoms with Gasteiger partial charge < -0.3 is 15.1 Å². The third kappa shape index (κ3) is 1.89. The molecule has 0 fully saturated rings. The molecule has 3 rings (SSSR count). The van der Waals surface area contributed by atoms with Gasteiger partial charge in [0, 0.05) is 22.2 Å². The normalized spacial score (nSPS) is 11.0. The van der Waals surface area contributed by atoms with Gasteiger partial charge in [-0.25, -0.2) is 4.98 Å². The maximum Gasteiger partial charge on any atom is 0.309 e. The summed E-state index contributed by atoms with van der Waals surface area (Å²) in [5.74, 6) is -0.872. The van der Waals surface area contributed by atoms with Crippen LogP contribution in [0, 0.1) is 6.92 Å². The van der Waals surface area contributed by atoms with Crippen LogP contribution in [-0.2, 0) is 11.2 Å². The van der Waals surface area contributed by atoms with Gasteiger partial charge in [0.25, 0.3) is 0 Å². The highest BCUT2D eigenvalue weighted by molar-refractivity contribution is 5.97. The fourth-order valence-electron chi connectivity index (χ4n) is 2.40. The number of para-hydroxylation sites is 1. The molecule has 0 saturated carbocycles. The van der Waals surface area contributed by atoms with Crippen molar-refractivity contribution in [2.24, 2.45) is 0 Å². The van der Waals surface area contributed by atoms with E-state index in [0.29, 0.717) is 11.4 Å². The van der Waals surface area contributed by atoms with E-state index in [1.165, 1.54) is 6.33 Å². The molecule has 0 radical (unpaired) electrons. The number of aromatic nitrogens is 3. The van der Waals surface area contributed by atoms with Crippen molar-refractivity contribution in [3.8, 4) is 11.3 Å². The van der Waals surface area contributed by atoms with E-state index in [0.717, 1.165) is 22.2 Å². The zero-order chi connectivity index (χ0) is 13.4. The highest BCUT2D eigenvalue weighted by Gasteiger charge is 2.17. The molecule has 0 amide bonds. The van der Waals surface area contributed by atoms with Gasteiger partial charge >= 0.3 is 5.97 Å². The molecule has 5 heteroatoms. The van der Waals surface area contributed by atoms with Crippen LogP contribution in [0.5, 0.6) is 0 Å². The number of benzene rings is 1. The standard InChI is InChI=1S/C14H13N3O2/c1-8-13(9-4-2-3-5-10(9)17-8)14-11(6-12(18)19)15-7-16-14/h2-5,7,17H,6H2,1H3,(H,15,16)(H,18,19). The number of imidazole rings is 1. The van der Waals surface area contributed by atoms with E-state index in [4.69, 9.17) is 5.11 Å². The Morgan fingerprint density at radius 1 is 1.37 bits per heavy atom. The molecule has 3 aromatic rings. The van der Waals surface area contributed by atoms with Crippen molar-refractivity contribution in [3.63, 3.8) is 0 Å². The largest absolute Gasteiger partial charge is 0.481 e. The van der Waals surface area contributed by atoms with Crippen LogP contribution in [0.15, 0.2) is 30.6 Å². The highest BCUT2D eigenvalue weighted by atomic mass is 16.4. The van der Waals surface area contributed by atoms with Crippen molar-refractivity contribution in [1.29, 1.82) is 0 Å². The van der Waals surface area contributed by atoms with E-state index >= 15 is 0 Å². The second-order valence-electron chi connectivity index (χ2n) is 4.47. The summed E-state index contributed by atoms with van der Waals surface area (Å²) in [5.41, 5.74) is 4.31. The number of aromatic amines is 2. The molecule has 19 heavy (non-hydrogen) atoms. The summed E-state index contributed by atoms with van der Waals surface area (Å²) in [6, 6.07) is 7.93. The number of rotatable bonds is 3. The number of H-pyrrole nitrogens is 2. The average Bonchev–Trinajstić information content (AvgIpc) is 2.91. The topological polar surface area (TPSA) is 81.8 Å². The maximum absolute atomic E-state index is 10.9. The molecule has 0 unspecified atom stereocenters. The van der Waals surface area contributed by atoms with Crippen LogP contribution in [0.4, 0.5) is 0 Å². The van der Waals surface area contributed by atoms with Gasteiger partial charge in [0.2, 0.25) is 0 Å². The van der Waals surface area contributed by atoms with Crippen LogP contribution in [-0.4, -0.2) is 26.0 Å². The average molecular weight is 255 g/mol.